The first-order chi connectivity index (χ1) is 14.2. The Kier molecular flexibility index (Phi) is 5.70. The number of ether oxygens (including phenoxy) is 1. The number of fused-ring (bicyclic) bond motifs is 1. The van der Waals surface area contributed by atoms with Gasteiger partial charge in [0.05, 0.1) is 5.69 Å². The third-order valence-electron chi connectivity index (χ3n) is 4.93. The van der Waals surface area contributed by atoms with Crippen molar-refractivity contribution in [2.24, 2.45) is 0 Å². The zero-order valence-corrected chi connectivity index (χ0v) is 16.1. The highest BCUT2D eigenvalue weighted by atomic mass is 16.5. The van der Waals surface area contributed by atoms with Crippen molar-refractivity contribution in [1.82, 2.24) is 9.78 Å². The van der Waals surface area contributed by atoms with Crippen LogP contribution >= 0.6 is 0 Å². The predicted octanol–water partition coefficient (Wildman–Crippen LogP) is 3.94. The Morgan fingerprint density at radius 3 is 2.48 bits per heavy atom. The van der Waals surface area contributed by atoms with E-state index in [-0.39, 0.29) is 18.0 Å². The number of aryl methyl sites for hydroxylation is 2. The molecular weight excluding hydrogens is 366 g/mol. The number of nitrogens with zero attached hydrogens (tertiary/aromatic N) is 2. The van der Waals surface area contributed by atoms with E-state index in [1.807, 2.05) is 30.3 Å². The standard InChI is InChI=1S/C23H23N3O3/c27-22(16-26-23(28)15-17-7-3-1-6-10-21(17)25-26)24-18-11-13-20(14-12-18)29-19-8-4-2-5-9-19/h2,4-5,8-9,11-15H,1,3,6-7,10,16H2,(H,24,27). The molecule has 0 radical (unpaired) electrons. The summed E-state index contributed by atoms with van der Waals surface area (Å²) >= 11 is 0. The largest absolute Gasteiger partial charge is 0.457 e. The second-order valence-corrected chi connectivity index (χ2v) is 7.16. The van der Waals surface area contributed by atoms with Gasteiger partial charge in [0.2, 0.25) is 5.91 Å². The lowest BCUT2D eigenvalue weighted by Gasteiger charge is -2.11. The maximum absolute atomic E-state index is 12.4. The second-order valence-electron chi connectivity index (χ2n) is 7.16. The molecule has 3 aromatic rings. The summed E-state index contributed by atoms with van der Waals surface area (Å²) in [5.41, 5.74) is 2.38. The number of carbonyl (C=O) groups is 1. The molecule has 1 aliphatic rings. The van der Waals surface area contributed by atoms with Crippen LogP contribution in [-0.4, -0.2) is 15.7 Å². The Balaban J connectivity index is 1.40. The fourth-order valence-corrected chi connectivity index (χ4v) is 3.46. The summed E-state index contributed by atoms with van der Waals surface area (Å²) in [7, 11) is 0. The van der Waals surface area contributed by atoms with Crippen LogP contribution in [-0.2, 0) is 24.2 Å². The molecule has 1 heterocycles. The number of hydrogen-bond donors (Lipinski definition) is 1. The van der Waals surface area contributed by atoms with Crippen LogP contribution in [0.25, 0.3) is 0 Å². The van der Waals surface area contributed by atoms with Gasteiger partial charge in [-0.1, -0.05) is 24.6 Å². The molecule has 0 atom stereocenters. The first-order valence-corrected chi connectivity index (χ1v) is 9.90. The van der Waals surface area contributed by atoms with Gasteiger partial charge in [-0.3, -0.25) is 9.59 Å². The summed E-state index contributed by atoms with van der Waals surface area (Å²) in [4.78, 5) is 24.7. The van der Waals surface area contributed by atoms with E-state index < -0.39 is 0 Å². The van der Waals surface area contributed by atoms with Crippen LogP contribution in [0.15, 0.2) is 65.5 Å². The molecule has 0 saturated carbocycles. The fraction of sp³-hybridized carbons (Fsp3) is 0.261. The van der Waals surface area contributed by atoms with Crippen LogP contribution in [0.5, 0.6) is 11.5 Å². The summed E-state index contributed by atoms with van der Waals surface area (Å²) < 4.78 is 7.00. The van der Waals surface area contributed by atoms with E-state index in [0.29, 0.717) is 11.4 Å². The molecule has 1 N–H and O–H groups in total. The molecule has 0 saturated heterocycles. The Morgan fingerprint density at radius 1 is 0.966 bits per heavy atom. The topological polar surface area (TPSA) is 73.2 Å². The summed E-state index contributed by atoms with van der Waals surface area (Å²) in [5, 5.41) is 7.25. The average molecular weight is 389 g/mol. The third kappa shape index (κ3) is 4.90. The molecule has 2 aromatic carbocycles. The fourth-order valence-electron chi connectivity index (χ4n) is 3.46. The van der Waals surface area contributed by atoms with Crippen molar-refractivity contribution in [3.63, 3.8) is 0 Å². The molecule has 6 heteroatoms. The van der Waals surface area contributed by atoms with E-state index in [2.05, 4.69) is 10.4 Å². The molecule has 0 bridgehead atoms. The van der Waals surface area contributed by atoms with Gasteiger partial charge in [0, 0.05) is 11.8 Å². The second kappa shape index (κ2) is 8.73. The van der Waals surface area contributed by atoms with Crippen molar-refractivity contribution in [3.05, 3.63) is 82.3 Å². The number of carbonyl (C=O) groups excluding carboxylic acids is 1. The van der Waals surface area contributed by atoms with E-state index in [4.69, 9.17) is 4.74 Å². The van der Waals surface area contributed by atoms with Gasteiger partial charge in [-0.2, -0.15) is 5.10 Å². The molecule has 1 amide bonds. The van der Waals surface area contributed by atoms with E-state index in [9.17, 15) is 9.59 Å². The molecule has 4 rings (SSSR count). The number of anilines is 1. The van der Waals surface area contributed by atoms with Gasteiger partial charge in [0.15, 0.2) is 0 Å². The number of hydrogen-bond acceptors (Lipinski definition) is 4. The monoisotopic (exact) mass is 389 g/mol. The van der Waals surface area contributed by atoms with Crippen molar-refractivity contribution in [3.8, 4) is 11.5 Å². The molecule has 0 unspecified atom stereocenters. The highest BCUT2D eigenvalue weighted by Gasteiger charge is 2.14. The lowest BCUT2D eigenvalue weighted by molar-refractivity contribution is -0.117. The van der Waals surface area contributed by atoms with Crippen LogP contribution in [0.4, 0.5) is 5.69 Å². The third-order valence-corrected chi connectivity index (χ3v) is 4.93. The van der Waals surface area contributed by atoms with Gasteiger partial charge in [-0.25, -0.2) is 4.68 Å². The normalized spacial score (nSPS) is 13.2. The summed E-state index contributed by atoms with van der Waals surface area (Å²) in [6.45, 7) is -0.103. The first kappa shape index (κ1) is 18.9. The van der Waals surface area contributed by atoms with Gasteiger partial charge in [0.25, 0.3) is 5.56 Å². The van der Waals surface area contributed by atoms with E-state index >= 15 is 0 Å². The quantitative estimate of drug-likeness (QED) is 0.671. The van der Waals surface area contributed by atoms with Crippen molar-refractivity contribution in [1.29, 1.82) is 0 Å². The molecule has 0 aliphatic heterocycles. The lowest BCUT2D eigenvalue weighted by Crippen LogP contribution is -2.30. The van der Waals surface area contributed by atoms with E-state index in [0.717, 1.165) is 49.1 Å². The van der Waals surface area contributed by atoms with Crippen LogP contribution in [0.1, 0.15) is 30.5 Å². The van der Waals surface area contributed by atoms with Crippen molar-refractivity contribution < 1.29 is 9.53 Å². The molecule has 148 valence electrons. The van der Waals surface area contributed by atoms with Crippen molar-refractivity contribution in [2.45, 2.75) is 38.6 Å². The van der Waals surface area contributed by atoms with Crippen LogP contribution in [0.2, 0.25) is 0 Å². The molecule has 1 aliphatic carbocycles. The minimum atomic E-state index is -0.287. The average Bonchev–Trinajstić information content (AvgIpc) is 2.95. The Labute approximate surface area is 169 Å². The Morgan fingerprint density at radius 2 is 1.69 bits per heavy atom. The number of nitrogens with one attached hydrogen (secondary N) is 1. The van der Waals surface area contributed by atoms with Gasteiger partial charge in [-0.05, 0) is 67.6 Å². The van der Waals surface area contributed by atoms with Crippen LogP contribution < -0.4 is 15.6 Å². The summed E-state index contributed by atoms with van der Waals surface area (Å²) in [6.07, 6.45) is 5.06. The minimum absolute atomic E-state index is 0.103. The molecule has 1 aromatic heterocycles. The molecule has 6 nitrogen and oxygen atoms in total. The summed E-state index contributed by atoms with van der Waals surface area (Å²) in [6, 6.07) is 18.2. The highest BCUT2D eigenvalue weighted by molar-refractivity contribution is 5.90. The van der Waals surface area contributed by atoms with Crippen LogP contribution in [0, 0.1) is 0 Å². The maximum Gasteiger partial charge on any atom is 0.267 e. The van der Waals surface area contributed by atoms with Gasteiger partial charge in [0.1, 0.15) is 18.0 Å². The Bertz CT molecular complexity index is 1040. The number of para-hydroxylation sites is 1. The zero-order valence-electron chi connectivity index (χ0n) is 16.1. The number of benzene rings is 2. The van der Waals surface area contributed by atoms with Crippen molar-refractivity contribution >= 4 is 11.6 Å². The predicted molar refractivity (Wildman–Crippen MR) is 111 cm³/mol. The Hall–Kier alpha value is -3.41. The number of rotatable bonds is 5. The van der Waals surface area contributed by atoms with E-state index in [1.165, 1.54) is 4.68 Å². The molecule has 29 heavy (non-hydrogen) atoms. The van der Waals surface area contributed by atoms with E-state index in [1.54, 1.807) is 30.3 Å². The first-order valence-electron chi connectivity index (χ1n) is 9.90. The van der Waals surface area contributed by atoms with Gasteiger partial charge < -0.3 is 10.1 Å². The van der Waals surface area contributed by atoms with Gasteiger partial charge >= 0.3 is 0 Å². The van der Waals surface area contributed by atoms with Gasteiger partial charge in [-0.15, -0.1) is 0 Å². The number of amides is 1. The molecular formula is C23H23N3O3. The lowest BCUT2D eigenvalue weighted by atomic mass is 10.1. The highest BCUT2D eigenvalue weighted by Crippen LogP contribution is 2.22. The van der Waals surface area contributed by atoms with Crippen LogP contribution in [0.3, 0.4) is 0 Å². The summed E-state index contributed by atoms with van der Waals surface area (Å²) in [5.74, 6) is 1.14. The maximum atomic E-state index is 12.4. The SMILES string of the molecule is O=C(Cn1nc2c(cc1=O)CCCCC2)Nc1ccc(Oc2ccccc2)cc1. The minimum Gasteiger partial charge on any atom is -0.457 e. The van der Waals surface area contributed by atoms with Crippen molar-refractivity contribution in [2.75, 3.05) is 5.32 Å². The smallest absolute Gasteiger partial charge is 0.267 e. The zero-order chi connectivity index (χ0) is 20.1. The molecule has 0 spiro atoms. The molecule has 0 fully saturated rings. The number of aromatic nitrogens is 2.